The number of hydrogen-bond acceptors (Lipinski definition) is 5. The quantitative estimate of drug-likeness (QED) is 0.569. The molecule has 0 N–H and O–H groups in total. The summed E-state index contributed by atoms with van der Waals surface area (Å²) >= 11 is 1.04. The molecule has 1 saturated heterocycles. The third-order valence-electron chi connectivity index (χ3n) is 4.03. The molecular formula is C17H18F3N3O2S. The predicted molar refractivity (Wildman–Crippen MR) is 90.5 cm³/mol. The largest absolute Gasteiger partial charge is 0.463 e. The van der Waals surface area contributed by atoms with Gasteiger partial charge in [0.2, 0.25) is 5.91 Å². The van der Waals surface area contributed by atoms with Crippen molar-refractivity contribution in [1.82, 2.24) is 14.9 Å². The molecule has 1 aliphatic rings. The van der Waals surface area contributed by atoms with E-state index in [9.17, 15) is 18.0 Å². The van der Waals surface area contributed by atoms with Gasteiger partial charge in [-0.1, -0.05) is 11.8 Å². The minimum absolute atomic E-state index is 0.0160. The van der Waals surface area contributed by atoms with E-state index in [1.807, 2.05) is 4.90 Å². The molecule has 0 bridgehead atoms. The van der Waals surface area contributed by atoms with Crippen molar-refractivity contribution in [2.24, 2.45) is 0 Å². The van der Waals surface area contributed by atoms with E-state index in [2.05, 4.69) is 9.97 Å². The van der Waals surface area contributed by atoms with Crippen LogP contribution < -0.4 is 0 Å². The molecule has 1 fully saturated rings. The Labute approximate surface area is 153 Å². The molecule has 3 heterocycles. The van der Waals surface area contributed by atoms with E-state index < -0.39 is 11.9 Å². The second-order valence-electron chi connectivity index (χ2n) is 5.94. The Hall–Kier alpha value is -2.03. The number of carbonyl (C=O) groups excluding carboxylic acids is 1. The maximum Gasteiger partial charge on any atom is 0.433 e. The summed E-state index contributed by atoms with van der Waals surface area (Å²) in [6.07, 6.45) is 0.175. The number of halogens is 3. The molecule has 9 heteroatoms. The highest BCUT2D eigenvalue weighted by Gasteiger charge is 2.34. The van der Waals surface area contributed by atoms with Gasteiger partial charge >= 0.3 is 6.18 Å². The van der Waals surface area contributed by atoms with Gasteiger partial charge < -0.3 is 9.32 Å². The van der Waals surface area contributed by atoms with Gasteiger partial charge in [-0.05, 0) is 37.5 Å². The molecule has 0 atom stereocenters. The number of aromatic nitrogens is 2. The summed E-state index contributed by atoms with van der Waals surface area (Å²) in [5.41, 5.74) is -0.953. The van der Waals surface area contributed by atoms with Crippen molar-refractivity contribution in [3.8, 4) is 11.5 Å². The van der Waals surface area contributed by atoms with Crippen LogP contribution in [0.2, 0.25) is 0 Å². The van der Waals surface area contributed by atoms with E-state index in [1.165, 1.54) is 12.3 Å². The van der Waals surface area contributed by atoms with Crippen LogP contribution in [-0.2, 0) is 11.0 Å². The third-order valence-corrected chi connectivity index (χ3v) is 4.87. The molecule has 0 unspecified atom stereocenters. The summed E-state index contributed by atoms with van der Waals surface area (Å²) < 4.78 is 44.4. The van der Waals surface area contributed by atoms with Gasteiger partial charge in [-0.3, -0.25) is 4.79 Å². The smallest absolute Gasteiger partial charge is 0.433 e. The maximum absolute atomic E-state index is 13.1. The van der Waals surface area contributed by atoms with Gasteiger partial charge in [0.15, 0.2) is 10.9 Å². The molecule has 2 aromatic rings. The zero-order chi connectivity index (χ0) is 18.6. The Bertz CT molecular complexity index is 744. The topological polar surface area (TPSA) is 59.2 Å². The SMILES string of the molecule is O=C(CCSc1nc(-c2ccco2)cc(C(F)(F)F)n1)N1CCCCC1. The van der Waals surface area contributed by atoms with Crippen molar-refractivity contribution >= 4 is 17.7 Å². The fraction of sp³-hybridized carbons (Fsp3) is 0.471. The monoisotopic (exact) mass is 385 g/mol. The molecular weight excluding hydrogens is 367 g/mol. The highest BCUT2D eigenvalue weighted by atomic mass is 32.2. The minimum Gasteiger partial charge on any atom is -0.463 e. The van der Waals surface area contributed by atoms with E-state index >= 15 is 0 Å². The Morgan fingerprint density at radius 3 is 2.65 bits per heavy atom. The highest BCUT2D eigenvalue weighted by molar-refractivity contribution is 7.99. The number of amides is 1. The van der Waals surface area contributed by atoms with Crippen molar-refractivity contribution in [2.75, 3.05) is 18.8 Å². The Morgan fingerprint density at radius 1 is 1.23 bits per heavy atom. The van der Waals surface area contributed by atoms with Gasteiger partial charge in [0.05, 0.1) is 6.26 Å². The maximum atomic E-state index is 13.1. The number of hydrogen-bond donors (Lipinski definition) is 0. The van der Waals surface area contributed by atoms with Crippen LogP contribution in [0.15, 0.2) is 34.0 Å². The lowest BCUT2D eigenvalue weighted by Gasteiger charge is -2.26. The van der Waals surface area contributed by atoms with Crippen LogP contribution >= 0.6 is 11.8 Å². The van der Waals surface area contributed by atoms with Crippen LogP contribution in [0, 0.1) is 0 Å². The molecule has 0 spiro atoms. The lowest BCUT2D eigenvalue weighted by Crippen LogP contribution is -2.35. The fourth-order valence-corrected chi connectivity index (χ4v) is 3.50. The number of nitrogens with zero attached hydrogens (tertiary/aromatic N) is 3. The van der Waals surface area contributed by atoms with Crippen molar-refractivity contribution in [3.63, 3.8) is 0 Å². The molecule has 140 valence electrons. The van der Waals surface area contributed by atoms with E-state index in [0.29, 0.717) is 5.75 Å². The first kappa shape index (κ1) is 18.8. The number of piperidine rings is 1. The molecule has 26 heavy (non-hydrogen) atoms. The normalized spacial score (nSPS) is 15.3. The van der Waals surface area contributed by atoms with Crippen LogP contribution in [0.5, 0.6) is 0 Å². The van der Waals surface area contributed by atoms with Crippen LogP contribution in [0.3, 0.4) is 0 Å². The van der Waals surface area contributed by atoms with E-state index in [1.54, 1.807) is 6.07 Å². The number of thioether (sulfide) groups is 1. The summed E-state index contributed by atoms with van der Waals surface area (Å²) in [5.74, 6) is 0.591. The molecule has 0 radical (unpaired) electrons. The van der Waals surface area contributed by atoms with Crippen LogP contribution in [0.1, 0.15) is 31.4 Å². The number of furan rings is 1. The molecule has 5 nitrogen and oxygen atoms in total. The lowest BCUT2D eigenvalue weighted by atomic mass is 10.1. The molecule has 0 aromatic carbocycles. The van der Waals surface area contributed by atoms with Gasteiger partial charge in [0.1, 0.15) is 11.4 Å². The highest BCUT2D eigenvalue weighted by Crippen LogP contribution is 2.32. The first-order valence-corrected chi connectivity index (χ1v) is 9.33. The predicted octanol–water partition coefficient (Wildman–Crippen LogP) is 4.25. The van der Waals surface area contributed by atoms with E-state index in [0.717, 1.165) is 50.2 Å². The summed E-state index contributed by atoms with van der Waals surface area (Å²) in [6, 6.07) is 3.98. The number of alkyl halides is 3. The molecule has 0 saturated carbocycles. The van der Waals surface area contributed by atoms with Crippen LogP contribution in [0.4, 0.5) is 13.2 Å². The fourth-order valence-electron chi connectivity index (χ4n) is 2.72. The van der Waals surface area contributed by atoms with Gasteiger partial charge in [-0.25, -0.2) is 9.97 Å². The zero-order valence-corrected chi connectivity index (χ0v) is 14.8. The summed E-state index contributed by atoms with van der Waals surface area (Å²) in [5, 5.41) is -0.0160. The Morgan fingerprint density at radius 2 is 2.00 bits per heavy atom. The van der Waals surface area contributed by atoms with Gasteiger partial charge in [-0.2, -0.15) is 13.2 Å². The first-order chi connectivity index (χ1) is 12.4. The van der Waals surface area contributed by atoms with E-state index in [-0.39, 0.29) is 28.9 Å². The van der Waals surface area contributed by atoms with E-state index in [4.69, 9.17) is 4.42 Å². The Balaban J connectivity index is 1.68. The molecule has 1 amide bonds. The number of likely N-dealkylation sites (tertiary alicyclic amines) is 1. The average molecular weight is 385 g/mol. The Kier molecular flexibility index (Phi) is 5.85. The molecule has 1 aliphatic heterocycles. The summed E-state index contributed by atoms with van der Waals surface area (Å²) in [4.78, 5) is 21.7. The van der Waals surface area contributed by atoms with Crippen molar-refractivity contribution in [2.45, 2.75) is 37.0 Å². The van der Waals surface area contributed by atoms with Gasteiger partial charge in [0.25, 0.3) is 0 Å². The first-order valence-electron chi connectivity index (χ1n) is 8.34. The van der Waals surface area contributed by atoms with Crippen molar-refractivity contribution in [1.29, 1.82) is 0 Å². The second kappa shape index (κ2) is 8.11. The zero-order valence-electron chi connectivity index (χ0n) is 14.0. The van der Waals surface area contributed by atoms with Gasteiger partial charge in [-0.15, -0.1) is 0 Å². The summed E-state index contributed by atoms with van der Waals surface area (Å²) in [6.45, 7) is 1.51. The average Bonchev–Trinajstić information content (AvgIpc) is 3.16. The number of carbonyl (C=O) groups is 1. The summed E-state index contributed by atoms with van der Waals surface area (Å²) in [7, 11) is 0. The van der Waals surface area contributed by atoms with Gasteiger partial charge in [0, 0.05) is 25.3 Å². The standard InChI is InChI=1S/C17H18F3N3O2S/c18-17(19,20)14-11-12(13-5-4-9-25-13)21-16(22-14)26-10-6-15(24)23-7-2-1-3-8-23/h4-5,9,11H,1-3,6-8,10H2. The van der Waals surface area contributed by atoms with Crippen molar-refractivity contribution < 1.29 is 22.4 Å². The van der Waals surface area contributed by atoms with Crippen molar-refractivity contribution in [3.05, 3.63) is 30.2 Å². The third kappa shape index (κ3) is 4.78. The van der Waals surface area contributed by atoms with Crippen LogP contribution in [-0.4, -0.2) is 39.6 Å². The second-order valence-corrected chi connectivity index (χ2v) is 7.00. The molecule has 3 rings (SSSR count). The molecule has 2 aromatic heterocycles. The minimum atomic E-state index is -4.58. The lowest BCUT2D eigenvalue weighted by molar-refractivity contribution is -0.141. The van der Waals surface area contributed by atoms with Crippen LogP contribution in [0.25, 0.3) is 11.5 Å². The number of rotatable bonds is 5. The molecule has 0 aliphatic carbocycles.